The Morgan fingerprint density at radius 1 is 1.04 bits per heavy atom. The van der Waals surface area contributed by atoms with Crippen molar-refractivity contribution < 1.29 is 24.9 Å². The summed E-state index contributed by atoms with van der Waals surface area (Å²) in [4.78, 5) is 24.5. The third-order valence-corrected chi connectivity index (χ3v) is 6.21. The van der Waals surface area contributed by atoms with Crippen LogP contribution in [0.25, 0.3) is 0 Å². The van der Waals surface area contributed by atoms with Crippen LogP contribution in [-0.4, -0.2) is 57.4 Å². The summed E-state index contributed by atoms with van der Waals surface area (Å²) in [7, 11) is 0. The molecule has 6 heteroatoms. The number of carboxylic acid groups (broad SMARTS) is 1. The van der Waals surface area contributed by atoms with Gasteiger partial charge in [-0.1, -0.05) is 31.4 Å². The molecule has 1 saturated heterocycles. The summed E-state index contributed by atoms with van der Waals surface area (Å²) in [6.07, 6.45) is 12.5. The SMILES string of the molecule is O=C(O)CCCCCCC1C(O)CCC1C=CC(O)CCC(=O)N1CCCC1. The van der Waals surface area contributed by atoms with Gasteiger partial charge in [0.05, 0.1) is 12.2 Å². The minimum absolute atomic E-state index is 0.141. The maximum absolute atomic E-state index is 12.1. The lowest BCUT2D eigenvalue weighted by atomic mass is 9.88. The number of aliphatic hydroxyl groups excluding tert-OH is 2. The highest BCUT2D eigenvalue weighted by molar-refractivity contribution is 5.76. The number of rotatable bonds is 12. The van der Waals surface area contributed by atoms with E-state index in [1.807, 2.05) is 11.0 Å². The summed E-state index contributed by atoms with van der Waals surface area (Å²) >= 11 is 0. The van der Waals surface area contributed by atoms with Gasteiger partial charge in [-0.3, -0.25) is 9.59 Å². The fourth-order valence-electron chi connectivity index (χ4n) is 4.50. The summed E-state index contributed by atoms with van der Waals surface area (Å²) < 4.78 is 0. The third-order valence-electron chi connectivity index (χ3n) is 6.21. The van der Waals surface area contributed by atoms with Crippen molar-refractivity contribution in [3.63, 3.8) is 0 Å². The van der Waals surface area contributed by atoms with E-state index in [0.29, 0.717) is 19.3 Å². The summed E-state index contributed by atoms with van der Waals surface area (Å²) in [6, 6.07) is 0. The highest BCUT2D eigenvalue weighted by atomic mass is 16.4. The first-order valence-electron chi connectivity index (χ1n) is 11.0. The molecule has 3 N–H and O–H groups in total. The lowest BCUT2D eigenvalue weighted by Gasteiger charge is -2.20. The number of nitrogens with zero attached hydrogens (tertiary/aromatic N) is 1. The predicted molar refractivity (Wildman–Crippen MR) is 108 cm³/mol. The second kappa shape index (κ2) is 12.2. The molecule has 1 aliphatic carbocycles. The van der Waals surface area contributed by atoms with Crippen LogP contribution in [0, 0.1) is 11.8 Å². The van der Waals surface area contributed by atoms with Crippen LogP contribution in [0.5, 0.6) is 0 Å². The number of carboxylic acids is 1. The van der Waals surface area contributed by atoms with Crippen molar-refractivity contribution >= 4 is 11.9 Å². The topological polar surface area (TPSA) is 98.1 Å². The lowest BCUT2D eigenvalue weighted by molar-refractivity contribution is -0.137. The molecule has 0 aromatic rings. The molecule has 4 atom stereocenters. The van der Waals surface area contributed by atoms with Gasteiger partial charge in [-0.2, -0.15) is 0 Å². The van der Waals surface area contributed by atoms with E-state index in [2.05, 4.69) is 0 Å². The van der Waals surface area contributed by atoms with E-state index in [4.69, 9.17) is 5.11 Å². The normalized spacial score (nSPS) is 26.2. The van der Waals surface area contributed by atoms with E-state index >= 15 is 0 Å². The van der Waals surface area contributed by atoms with Gasteiger partial charge in [-0.25, -0.2) is 0 Å². The highest BCUT2D eigenvalue weighted by Gasteiger charge is 2.32. The Labute approximate surface area is 168 Å². The smallest absolute Gasteiger partial charge is 0.303 e. The lowest BCUT2D eigenvalue weighted by Crippen LogP contribution is -2.28. The second-order valence-corrected chi connectivity index (χ2v) is 8.40. The van der Waals surface area contributed by atoms with Gasteiger partial charge in [0, 0.05) is 25.9 Å². The average molecular weight is 396 g/mol. The molecule has 0 radical (unpaired) electrons. The molecule has 0 aromatic carbocycles. The fraction of sp³-hybridized carbons (Fsp3) is 0.818. The molecule has 2 rings (SSSR count). The number of aliphatic hydroxyl groups is 2. The predicted octanol–water partition coefficient (Wildman–Crippen LogP) is 3.12. The van der Waals surface area contributed by atoms with Crippen molar-refractivity contribution in [1.29, 1.82) is 0 Å². The summed E-state index contributed by atoms with van der Waals surface area (Å²) in [5.74, 6) is -0.105. The number of carbonyl (C=O) groups is 2. The standard InChI is InChI=1S/C22H37NO5/c24-18(12-14-21(26)23-15-5-6-16-23)11-9-17-10-13-20(25)19(17)7-3-1-2-4-8-22(27)28/h9,11,17-20,24-25H,1-8,10,12-16H2,(H,27,28). The number of hydrogen-bond acceptors (Lipinski definition) is 4. The van der Waals surface area contributed by atoms with Gasteiger partial charge in [-0.15, -0.1) is 0 Å². The van der Waals surface area contributed by atoms with E-state index in [-0.39, 0.29) is 30.3 Å². The summed E-state index contributed by atoms with van der Waals surface area (Å²) in [5.41, 5.74) is 0. The quantitative estimate of drug-likeness (QED) is 0.348. The van der Waals surface area contributed by atoms with Crippen molar-refractivity contribution in [2.75, 3.05) is 13.1 Å². The van der Waals surface area contributed by atoms with Crippen molar-refractivity contribution in [1.82, 2.24) is 4.90 Å². The molecule has 1 saturated carbocycles. The second-order valence-electron chi connectivity index (χ2n) is 8.40. The van der Waals surface area contributed by atoms with Crippen molar-refractivity contribution in [3.05, 3.63) is 12.2 Å². The zero-order valence-corrected chi connectivity index (χ0v) is 17.0. The minimum atomic E-state index is -0.739. The van der Waals surface area contributed by atoms with Crippen molar-refractivity contribution in [2.45, 2.75) is 89.3 Å². The molecule has 0 bridgehead atoms. The van der Waals surface area contributed by atoms with E-state index in [1.165, 1.54) is 0 Å². The van der Waals surface area contributed by atoms with Crippen LogP contribution in [0.1, 0.15) is 77.0 Å². The van der Waals surface area contributed by atoms with Gasteiger partial charge in [0.25, 0.3) is 0 Å². The first kappa shape index (κ1) is 22.9. The Balaban J connectivity index is 1.66. The monoisotopic (exact) mass is 395 g/mol. The Hall–Kier alpha value is -1.40. The molecule has 2 fully saturated rings. The number of aliphatic carboxylic acids is 1. The van der Waals surface area contributed by atoms with E-state index in [1.54, 1.807) is 6.08 Å². The van der Waals surface area contributed by atoms with Gasteiger partial charge < -0.3 is 20.2 Å². The molecular formula is C22H37NO5. The van der Waals surface area contributed by atoms with Crippen LogP contribution in [0.2, 0.25) is 0 Å². The largest absolute Gasteiger partial charge is 0.481 e. The Morgan fingerprint density at radius 3 is 2.46 bits per heavy atom. The number of amides is 1. The average Bonchev–Trinajstić information content (AvgIpc) is 3.31. The number of likely N-dealkylation sites (tertiary alicyclic amines) is 1. The summed E-state index contributed by atoms with van der Waals surface area (Å²) in [6.45, 7) is 1.70. The van der Waals surface area contributed by atoms with Crippen LogP contribution in [-0.2, 0) is 9.59 Å². The van der Waals surface area contributed by atoms with Crippen LogP contribution < -0.4 is 0 Å². The van der Waals surface area contributed by atoms with E-state index in [0.717, 1.165) is 64.5 Å². The maximum Gasteiger partial charge on any atom is 0.303 e. The molecule has 160 valence electrons. The zero-order chi connectivity index (χ0) is 20.4. The zero-order valence-electron chi connectivity index (χ0n) is 17.0. The first-order valence-corrected chi connectivity index (χ1v) is 11.0. The molecule has 2 aliphatic rings. The molecule has 6 nitrogen and oxygen atoms in total. The molecule has 1 heterocycles. The number of allylic oxidation sites excluding steroid dienone is 1. The van der Waals surface area contributed by atoms with Crippen molar-refractivity contribution in [3.8, 4) is 0 Å². The Morgan fingerprint density at radius 2 is 1.75 bits per heavy atom. The van der Waals surface area contributed by atoms with Gasteiger partial charge in [-0.05, 0) is 56.8 Å². The summed E-state index contributed by atoms with van der Waals surface area (Å²) in [5, 5.41) is 29.1. The molecule has 0 aromatic heterocycles. The maximum atomic E-state index is 12.1. The van der Waals surface area contributed by atoms with Crippen molar-refractivity contribution in [2.24, 2.45) is 11.8 Å². The van der Waals surface area contributed by atoms with Crippen LogP contribution in [0.4, 0.5) is 0 Å². The van der Waals surface area contributed by atoms with Gasteiger partial charge in [0.1, 0.15) is 0 Å². The van der Waals surface area contributed by atoms with Crippen LogP contribution >= 0.6 is 0 Å². The van der Waals surface area contributed by atoms with E-state index < -0.39 is 12.1 Å². The Bertz CT molecular complexity index is 515. The first-order chi connectivity index (χ1) is 13.5. The molecule has 1 aliphatic heterocycles. The number of unbranched alkanes of at least 4 members (excludes halogenated alkanes) is 3. The van der Waals surface area contributed by atoms with Crippen LogP contribution in [0.15, 0.2) is 12.2 Å². The third kappa shape index (κ3) is 7.92. The van der Waals surface area contributed by atoms with E-state index in [9.17, 15) is 19.8 Å². The fourth-order valence-corrected chi connectivity index (χ4v) is 4.50. The molecule has 1 amide bonds. The number of hydrogen-bond donors (Lipinski definition) is 3. The minimum Gasteiger partial charge on any atom is -0.481 e. The molecule has 4 unspecified atom stereocenters. The molecule has 0 spiro atoms. The number of carbonyl (C=O) groups excluding carboxylic acids is 1. The molecular weight excluding hydrogens is 358 g/mol. The van der Waals surface area contributed by atoms with Gasteiger partial charge >= 0.3 is 5.97 Å². The van der Waals surface area contributed by atoms with Gasteiger partial charge in [0.15, 0.2) is 0 Å². The van der Waals surface area contributed by atoms with Gasteiger partial charge in [0.2, 0.25) is 5.91 Å². The Kier molecular flexibility index (Phi) is 9.99. The molecule has 28 heavy (non-hydrogen) atoms. The highest BCUT2D eigenvalue weighted by Crippen LogP contribution is 2.37. The van der Waals surface area contributed by atoms with Crippen LogP contribution in [0.3, 0.4) is 0 Å².